The van der Waals surface area contributed by atoms with Crippen molar-refractivity contribution in [1.82, 2.24) is 10.6 Å². The highest BCUT2D eigenvalue weighted by atomic mass is 19.1. The molecule has 110 valence electrons. The number of hydrogen-bond donors (Lipinski definition) is 2. The zero-order valence-corrected chi connectivity index (χ0v) is 11.9. The molecule has 4 heteroatoms. The fraction of sp³-hybridized carbons (Fsp3) is 0.167. The Balaban J connectivity index is 1.86. The Bertz CT molecular complexity index is 797. The van der Waals surface area contributed by atoms with Crippen molar-refractivity contribution in [2.75, 3.05) is 0 Å². The van der Waals surface area contributed by atoms with Gasteiger partial charge in [-0.05, 0) is 41.7 Å². The van der Waals surface area contributed by atoms with Gasteiger partial charge in [0.05, 0.1) is 11.7 Å². The van der Waals surface area contributed by atoms with Crippen LogP contribution < -0.4 is 10.6 Å². The van der Waals surface area contributed by atoms with E-state index in [0.717, 1.165) is 35.2 Å². The largest absolute Gasteiger partial charge is 0.327 e. The Morgan fingerprint density at radius 3 is 2.77 bits per heavy atom. The first-order valence-electron chi connectivity index (χ1n) is 7.36. The number of amides is 2. The van der Waals surface area contributed by atoms with Crippen molar-refractivity contribution >= 4 is 11.7 Å². The van der Waals surface area contributed by atoms with E-state index in [1.807, 2.05) is 24.3 Å². The molecule has 1 heterocycles. The van der Waals surface area contributed by atoms with Gasteiger partial charge < -0.3 is 10.6 Å². The van der Waals surface area contributed by atoms with Gasteiger partial charge in [-0.2, -0.15) is 0 Å². The number of nitrogens with one attached hydrogen (secondary N) is 2. The van der Waals surface area contributed by atoms with Gasteiger partial charge in [0, 0.05) is 5.56 Å². The number of fused-ring (bicyclic) bond motifs is 2. The van der Waals surface area contributed by atoms with Crippen LogP contribution in [-0.2, 0) is 6.42 Å². The fourth-order valence-electron chi connectivity index (χ4n) is 3.32. The van der Waals surface area contributed by atoms with Gasteiger partial charge in [0.2, 0.25) is 0 Å². The number of carbonyl (C=O) groups is 1. The van der Waals surface area contributed by atoms with Gasteiger partial charge in [-0.25, -0.2) is 9.18 Å². The lowest BCUT2D eigenvalue weighted by Crippen LogP contribution is -2.44. The predicted octanol–water partition coefficient (Wildman–Crippen LogP) is 3.54. The molecule has 0 unspecified atom stereocenters. The highest BCUT2D eigenvalue weighted by Crippen LogP contribution is 2.38. The van der Waals surface area contributed by atoms with Crippen molar-refractivity contribution in [3.05, 3.63) is 76.6 Å². The summed E-state index contributed by atoms with van der Waals surface area (Å²) in [4.78, 5) is 12.0. The van der Waals surface area contributed by atoms with Crippen molar-refractivity contribution in [2.45, 2.75) is 18.9 Å². The average Bonchev–Trinajstić information content (AvgIpc) is 2.54. The Hall–Kier alpha value is -2.62. The van der Waals surface area contributed by atoms with Crippen LogP contribution in [0, 0.1) is 5.82 Å². The van der Waals surface area contributed by atoms with Crippen LogP contribution in [0.2, 0.25) is 0 Å². The maximum absolute atomic E-state index is 13.5. The molecule has 1 aliphatic heterocycles. The average molecular weight is 294 g/mol. The van der Waals surface area contributed by atoms with E-state index < -0.39 is 0 Å². The topological polar surface area (TPSA) is 41.1 Å². The lowest BCUT2D eigenvalue weighted by atomic mass is 9.83. The van der Waals surface area contributed by atoms with Crippen molar-refractivity contribution in [1.29, 1.82) is 0 Å². The zero-order chi connectivity index (χ0) is 15.1. The molecule has 3 nitrogen and oxygen atoms in total. The molecule has 2 amide bonds. The summed E-state index contributed by atoms with van der Waals surface area (Å²) in [5.74, 6) is -0.288. The second-order valence-corrected chi connectivity index (χ2v) is 5.64. The molecule has 1 atom stereocenters. The van der Waals surface area contributed by atoms with Gasteiger partial charge in [-0.15, -0.1) is 0 Å². The lowest BCUT2D eigenvalue weighted by molar-refractivity contribution is 0.240. The van der Waals surface area contributed by atoms with Crippen molar-refractivity contribution in [3.63, 3.8) is 0 Å². The smallest absolute Gasteiger partial charge is 0.319 e. The molecule has 0 fully saturated rings. The molecule has 2 aromatic rings. The third kappa shape index (κ3) is 2.08. The second-order valence-electron chi connectivity index (χ2n) is 5.64. The van der Waals surface area contributed by atoms with Gasteiger partial charge >= 0.3 is 6.03 Å². The number of hydrogen-bond acceptors (Lipinski definition) is 1. The second kappa shape index (κ2) is 4.98. The van der Waals surface area contributed by atoms with Gasteiger partial charge in [0.25, 0.3) is 0 Å². The summed E-state index contributed by atoms with van der Waals surface area (Å²) < 4.78 is 13.5. The maximum Gasteiger partial charge on any atom is 0.319 e. The number of urea groups is 1. The van der Waals surface area contributed by atoms with E-state index in [-0.39, 0.29) is 17.9 Å². The molecule has 2 aromatic carbocycles. The van der Waals surface area contributed by atoms with Crippen LogP contribution in [0.3, 0.4) is 0 Å². The molecule has 2 N–H and O–H groups in total. The molecule has 22 heavy (non-hydrogen) atoms. The van der Waals surface area contributed by atoms with E-state index in [1.165, 1.54) is 17.7 Å². The minimum absolute atomic E-state index is 0.246. The van der Waals surface area contributed by atoms with Crippen molar-refractivity contribution in [2.24, 2.45) is 0 Å². The monoisotopic (exact) mass is 294 g/mol. The molecule has 4 rings (SSSR count). The fourth-order valence-corrected chi connectivity index (χ4v) is 3.32. The summed E-state index contributed by atoms with van der Waals surface area (Å²) in [6.45, 7) is 0. The first kappa shape index (κ1) is 13.1. The first-order valence-corrected chi connectivity index (χ1v) is 7.36. The summed E-state index contributed by atoms with van der Waals surface area (Å²) in [6.07, 6.45) is 1.78. The highest BCUT2D eigenvalue weighted by molar-refractivity contribution is 5.91. The molecule has 1 aliphatic carbocycles. The molecule has 2 aliphatic rings. The van der Waals surface area contributed by atoms with E-state index in [0.29, 0.717) is 0 Å². The maximum atomic E-state index is 13.5. The Kier molecular flexibility index (Phi) is 2.96. The molecule has 0 saturated heterocycles. The van der Waals surface area contributed by atoms with Gasteiger partial charge in [0.1, 0.15) is 5.82 Å². The number of carbonyl (C=O) groups excluding carboxylic acids is 1. The third-order valence-corrected chi connectivity index (χ3v) is 4.32. The Labute approximate surface area is 127 Å². The van der Waals surface area contributed by atoms with Crippen molar-refractivity contribution in [3.8, 4) is 0 Å². The Morgan fingerprint density at radius 1 is 1.05 bits per heavy atom. The first-order chi connectivity index (χ1) is 10.7. The SMILES string of the molecule is O=C1NC2=C(CCc3ccccc32)[C@@H](c2cccc(F)c2)N1. The van der Waals surface area contributed by atoms with Gasteiger partial charge in [-0.3, -0.25) is 0 Å². The van der Waals surface area contributed by atoms with E-state index in [9.17, 15) is 9.18 Å². The van der Waals surface area contributed by atoms with Gasteiger partial charge in [-0.1, -0.05) is 36.4 Å². The van der Waals surface area contributed by atoms with Crippen LogP contribution in [0.25, 0.3) is 5.70 Å². The van der Waals surface area contributed by atoms with Crippen LogP contribution >= 0.6 is 0 Å². The summed E-state index contributed by atoms with van der Waals surface area (Å²) >= 11 is 0. The summed E-state index contributed by atoms with van der Waals surface area (Å²) in [7, 11) is 0. The van der Waals surface area contributed by atoms with E-state index >= 15 is 0 Å². The lowest BCUT2D eigenvalue weighted by Gasteiger charge is -2.34. The van der Waals surface area contributed by atoms with E-state index in [4.69, 9.17) is 0 Å². The normalized spacial score (nSPS) is 19.9. The molecule has 0 spiro atoms. The van der Waals surface area contributed by atoms with Crippen LogP contribution in [0.5, 0.6) is 0 Å². The van der Waals surface area contributed by atoms with Crippen LogP contribution in [0.4, 0.5) is 9.18 Å². The number of halogens is 1. The summed E-state index contributed by atoms with van der Waals surface area (Å²) in [5, 5.41) is 5.84. The minimum atomic E-state index is -0.288. The number of benzene rings is 2. The molecule has 0 radical (unpaired) electrons. The van der Waals surface area contributed by atoms with Crippen molar-refractivity contribution < 1.29 is 9.18 Å². The summed E-state index contributed by atoms with van der Waals surface area (Å²) in [5.41, 5.74) is 5.08. The van der Waals surface area contributed by atoms with E-state index in [1.54, 1.807) is 6.07 Å². The zero-order valence-electron chi connectivity index (χ0n) is 11.9. The van der Waals surface area contributed by atoms with Crippen LogP contribution in [0.1, 0.15) is 29.2 Å². The minimum Gasteiger partial charge on any atom is -0.327 e. The molecule has 0 aromatic heterocycles. The molecular weight excluding hydrogens is 279 g/mol. The van der Waals surface area contributed by atoms with Gasteiger partial charge in [0.15, 0.2) is 0 Å². The highest BCUT2D eigenvalue weighted by Gasteiger charge is 2.31. The quantitative estimate of drug-likeness (QED) is 0.830. The van der Waals surface area contributed by atoms with Crippen LogP contribution in [-0.4, -0.2) is 6.03 Å². The standard InChI is InChI=1S/C18H15FN2O/c19-13-6-3-5-12(10-13)16-15-9-8-11-4-1-2-7-14(11)17(15)21-18(22)20-16/h1-7,10,16H,8-9H2,(H2,20,21,22)/t16-/m1/s1. The molecule has 0 bridgehead atoms. The number of rotatable bonds is 1. The van der Waals surface area contributed by atoms with Crippen LogP contribution in [0.15, 0.2) is 54.1 Å². The Morgan fingerprint density at radius 2 is 1.91 bits per heavy atom. The third-order valence-electron chi connectivity index (χ3n) is 4.32. The molecule has 0 saturated carbocycles. The number of aryl methyl sites for hydroxylation is 1. The molecular formula is C18H15FN2O. The van der Waals surface area contributed by atoms with E-state index in [2.05, 4.69) is 16.7 Å². The predicted molar refractivity (Wildman–Crippen MR) is 82.5 cm³/mol. The summed E-state index contributed by atoms with van der Waals surface area (Å²) in [6, 6.07) is 14.0.